The second-order valence-electron chi connectivity index (χ2n) is 4.46. The second-order valence-corrected chi connectivity index (χ2v) is 4.46. The quantitative estimate of drug-likeness (QED) is 0.901. The van der Waals surface area contributed by atoms with E-state index in [2.05, 4.69) is 0 Å². The van der Waals surface area contributed by atoms with Gasteiger partial charge in [-0.3, -0.25) is 4.79 Å². The standard InChI is InChI=1S/C17H12O3/c18-14-6-3-12(4-7-14)10-13-5-8-15(19)11-16(13)17-2-1-9-20-17/h1-11,18H. The Morgan fingerprint density at radius 3 is 2.55 bits per heavy atom. The molecule has 1 aliphatic rings. The fraction of sp³-hybridized carbons (Fsp3) is 0. The van der Waals surface area contributed by atoms with E-state index in [4.69, 9.17) is 4.42 Å². The molecule has 3 rings (SSSR count). The Morgan fingerprint density at radius 1 is 1.05 bits per heavy atom. The van der Waals surface area contributed by atoms with Crippen LogP contribution in [0, 0.1) is 0 Å². The van der Waals surface area contributed by atoms with E-state index in [1.165, 1.54) is 6.08 Å². The van der Waals surface area contributed by atoms with Crippen molar-refractivity contribution >= 4 is 17.4 Å². The summed E-state index contributed by atoms with van der Waals surface area (Å²) in [5.74, 6) is 0.829. The predicted octanol–water partition coefficient (Wildman–Crippen LogP) is 3.59. The van der Waals surface area contributed by atoms with Crippen LogP contribution in [-0.4, -0.2) is 10.9 Å². The van der Waals surface area contributed by atoms with Crippen molar-refractivity contribution in [2.45, 2.75) is 0 Å². The molecule has 3 nitrogen and oxygen atoms in total. The van der Waals surface area contributed by atoms with Gasteiger partial charge in [-0.2, -0.15) is 0 Å². The summed E-state index contributed by atoms with van der Waals surface area (Å²) in [6.45, 7) is 0. The van der Waals surface area contributed by atoms with Gasteiger partial charge >= 0.3 is 0 Å². The third-order valence-corrected chi connectivity index (χ3v) is 3.03. The summed E-state index contributed by atoms with van der Waals surface area (Å²) in [4.78, 5) is 11.5. The van der Waals surface area contributed by atoms with Crippen LogP contribution in [-0.2, 0) is 4.79 Å². The number of aromatic hydroxyl groups is 1. The molecule has 0 fully saturated rings. The number of furan rings is 1. The van der Waals surface area contributed by atoms with Gasteiger partial charge in [-0.1, -0.05) is 18.2 Å². The van der Waals surface area contributed by atoms with E-state index >= 15 is 0 Å². The zero-order valence-corrected chi connectivity index (χ0v) is 10.6. The van der Waals surface area contributed by atoms with E-state index in [1.54, 1.807) is 36.6 Å². The summed E-state index contributed by atoms with van der Waals surface area (Å²) >= 11 is 0. The minimum absolute atomic E-state index is 0.0562. The molecule has 0 spiro atoms. The Kier molecular flexibility index (Phi) is 3.09. The molecule has 1 heterocycles. The Bertz CT molecular complexity index is 714. The van der Waals surface area contributed by atoms with Crippen LogP contribution in [0.15, 0.2) is 70.9 Å². The maximum Gasteiger partial charge on any atom is 0.179 e. The maximum absolute atomic E-state index is 11.5. The van der Waals surface area contributed by atoms with Gasteiger partial charge in [0.25, 0.3) is 0 Å². The summed E-state index contributed by atoms with van der Waals surface area (Å²) in [5.41, 5.74) is 2.59. The van der Waals surface area contributed by atoms with Crippen molar-refractivity contribution in [2.75, 3.05) is 0 Å². The van der Waals surface area contributed by atoms with Crippen molar-refractivity contribution < 1.29 is 14.3 Å². The SMILES string of the molecule is O=C1C=CC(=Cc2ccc(O)cc2)C(c2ccco2)=C1. The molecule has 0 aliphatic heterocycles. The van der Waals surface area contributed by atoms with Crippen LogP contribution in [0.4, 0.5) is 0 Å². The molecule has 20 heavy (non-hydrogen) atoms. The van der Waals surface area contributed by atoms with Crippen LogP contribution in [0.1, 0.15) is 11.3 Å². The lowest BCUT2D eigenvalue weighted by atomic mass is 9.95. The average Bonchev–Trinajstić information content (AvgIpc) is 2.97. The molecular formula is C17H12O3. The summed E-state index contributed by atoms with van der Waals surface area (Å²) in [6, 6.07) is 10.5. The first kappa shape index (κ1) is 12.2. The zero-order valence-electron chi connectivity index (χ0n) is 10.6. The molecule has 1 aromatic carbocycles. The number of allylic oxidation sites excluding steroid dienone is 5. The van der Waals surface area contributed by atoms with Crippen LogP contribution >= 0.6 is 0 Å². The highest BCUT2D eigenvalue weighted by molar-refractivity contribution is 6.10. The molecule has 3 heteroatoms. The predicted molar refractivity (Wildman–Crippen MR) is 76.9 cm³/mol. The van der Waals surface area contributed by atoms with Crippen LogP contribution in [0.3, 0.4) is 0 Å². The lowest BCUT2D eigenvalue weighted by Crippen LogP contribution is -1.98. The highest BCUT2D eigenvalue weighted by Gasteiger charge is 2.14. The van der Waals surface area contributed by atoms with E-state index < -0.39 is 0 Å². The van der Waals surface area contributed by atoms with E-state index in [1.807, 2.05) is 24.3 Å². The van der Waals surface area contributed by atoms with Gasteiger partial charge in [0.2, 0.25) is 0 Å². The Hall–Kier alpha value is -2.81. The van der Waals surface area contributed by atoms with Gasteiger partial charge in [-0.05, 0) is 53.6 Å². The third-order valence-electron chi connectivity index (χ3n) is 3.03. The Morgan fingerprint density at radius 2 is 1.85 bits per heavy atom. The lowest BCUT2D eigenvalue weighted by Gasteiger charge is -2.10. The van der Waals surface area contributed by atoms with Crippen molar-refractivity contribution in [1.29, 1.82) is 0 Å². The summed E-state index contributed by atoms with van der Waals surface area (Å²) in [5, 5.41) is 9.29. The molecule has 1 aromatic heterocycles. The van der Waals surface area contributed by atoms with Gasteiger partial charge in [0.1, 0.15) is 11.5 Å². The van der Waals surface area contributed by atoms with Crippen LogP contribution in [0.2, 0.25) is 0 Å². The van der Waals surface area contributed by atoms with Crippen LogP contribution < -0.4 is 0 Å². The molecule has 0 amide bonds. The minimum atomic E-state index is -0.0562. The van der Waals surface area contributed by atoms with E-state index in [9.17, 15) is 9.90 Å². The normalized spacial score (nSPS) is 16.5. The van der Waals surface area contributed by atoms with Gasteiger partial charge in [-0.25, -0.2) is 0 Å². The van der Waals surface area contributed by atoms with Crippen molar-refractivity contribution in [3.63, 3.8) is 0 Å². The molecule has 0 bridgehead atoms. The fourth-order valence-corrected chi connectivity index (χ4v) is 2.06. The number of carbonyl (C=O) groups excluding carboxylic acids is 1. The smallest absolute Gasteiger partial charge is 0.179 e. The van der Waals surface area contributed by atoms with E-state index in [0.717, 1.165) is 16.7 Å². The topological polar surface area (TPSA) is 50.4 Å². The van der Waals surface area contributed by atoms with Crippen LogP contribution in [0.25, 0.3) is 11.6 Å². The maximum atomic E-state index is 11.5. The molecule has 0 atom stereocenters. The number of ketones is 1. The number of benzene rings is 1. The number of hydrogen-bond donors (Lipinski definition) is 1. The van der Waals surface area contributed by atoms with Crippen LogP contribution in [0.5, 0.6) is 5.75 Å². The molecule has 0 saturated heterocycles. The average molecular weight is 264 g/mol. The Labute approximate surface area is 116 Å². The Balaban J connectivity index is 2.02. The largest absolute Gasteiger partial charge is 0.508 e. The first-order valence-corrected chi connectivity index (χ1v) is 6.21. The molecule has 1 N–H and O–H groups in total. The van der Waals surface area contributed by atoms with Crippen molar-refractivity contribution in [3.05, 3.63) is 77.8 Å². The highest BCUT2D eigenvalue weighted by atomic mass is 16.3. The summed E-state index contributed by atoms with van der Waals surface area (Å²) in [7, 11) is 0. The number of rotatable bonds is 2. The van der Waals surface area contributed by atoms with E-state index in [0.29, 0.717) is 5.76 Å². The van der Waals surface area contributed by atoms with Gasteiger partial charge < -0.3 is 9.52 Å². The number of hydrogen-bond acceptors (Lipinski definition) is 3. The van der Waals surface area contributed by atoms with Crippen molar-refractivity contribution in [1.82, 2.24) is 0 Å². The monoisotopic (exact) mass is 264 g/mol. The molecule has 0 saturated carbocycles. The highest BCUT2D eigenvalue weighted by Crippen LogP contribution is 2.29. The van der Waals surface area contributed by atoms with Gasteiger partial charge in [0.15, 0.2) is 5.78 Å². The fourth-order valence-electron chi connectivity index (χ4n) is 2.06. The van der Waals surface area contributed by atoms with E-state index in [-0.39, 0.29) is 11.5 Å². The van der Waals surface area contributed by atoms with Gasteiger partial charge in [0, 0.05) is 5.57 Å². The molecule has 0 unspecified atom stereocenters. The third kappa shape index (κ3) is 2.47. The zero-order chi connectivity index (χ0) is 13.9. The lowest BCUT2D eigenvalue weighted by molar-refractivity contribution is -0.110. The summed E-state index contributed by atoms with van der Waals surface area (Å²) < 4.78 is 5.37. The number of phenols is 1. The molecule has 98 valence electrons. The molecule has 0 radical (unpaired) electrons. The second kappa shape index (κ2) is 5.05. The molecule has 1 aliphatic carbocycles. The van der Waals surface area contributed by atoms with Crippen molar-refractivity contribution in [2.24, 2.45) is 0 Å². The first-order valence-electron chi connectivity index (χ1n) is 6.21. The van der Waals surface area contributed by atoms with Gasteiger partial charge in [-0.15, -0.1) is 0 Å². The van der Waals surface area contributed by atoms with Gasteiger partial charge in [0.05, 0.1) is 6.26 Å². The number of carbonyl (C=O) groups is 1. The first-order chi connectivity index (χ1) is 9.72. The van der Waals surface area contributed by atoms with Crippen molar-refractivity contribution in [3.8, 4) is 5.75 Å². The minimum Gasteiger partial charge on any atom is -0.508 e. The summed E-state index contributed by atoms with van der Waals surface area (Å²) in [6.07, 6.45) is 8.38. The number of phenolic OH excluding ortho intramolecular Hbond substituents is 1. The molecular weight excluding hydrogens is 252 g/mol. The molecule has 2 aromatic rings.